The fraction of sp³-hybridized carbons (Fsp3) is 0.692. The van der Waals surface area contributed by atoms with Gasteiger partial charge in [-0.1, -0.05) is 25.7 Å². The molecule has 0 aromatic carbocycles. The third-order valence-electron chi connectivity index (χ3n) is 3.43. The average molecular weight is 235 g/mol. The first-order valence-corrected chi connectivity index (χ1v) is 6.39. The number of aromatic nitrogens is 2. The van der Waals surface area contributed by atoms with E-state index in [1.165, 1.54) is 25.7 Å². The molecule has 0 bridgehead atoms. The topological polar surface area (TPSA) is 61.0 Å². The zero-order valence-corrected chi connectivity index (χ0v) is 10.5. The number of rotatable bonds is 3. The summed E-state index contributed by atoms with van der Waals surface area (Å²) in [4.78, 5) is 8.33. The van der Waals surface area contributed by atoms with Crippen molar-refractivity contribution in [1.29, 1.82) is 0 Å². The average Bonchev–Trinajstić information content (AvgIpc) is 2.54. The summed E-state index contributed by atoms with van der Waals surface area (Å²) in [6, 6.07) is 0. The monoisotopic (exact) mass is 235 g/mol. The molecule has 1 aliphatic rings. The van der Waals surface area contributed by atoms with E-state index in [9.17, 15) is 0 Å². The number of ether oxygens (including phenoxy) is 1. The first-order chi connectivity index (χ1) is 8.20. The van der Waals surface area contributed by atoms with Gasteiger partial charge in [-0.15, -0.1) is 0 Å². The minimum atomic E-state index is -0.180. The number of hydrogen-bond acceptors (Lipinski definition) is 4. The molecular weight excluding hydrogens is 214 g/mol. The molecule has 1 aromatic rings. The largest absolute Gasteiger partial charge is 0.474 e. The maximum atomic E-state index is 6.38. The summed E-state index contributed by atoms with van der Waals surface area (Å²) in [7, 11) is 0. The lowest BCUT2D eigenvalue weighted by molar-refractivity contribution is 0.192. The summed E-state index contributed by atoms with van der Waals surface area (Å²) >= 11 is 0. The lowest BCUT2D eigenvalue weighted by atomic mass is 9.93. The molecule has 0 atom stereocenters. The molecule has 0 amide bonds. The second-order valence-corrected chi connectivity index (χ2v) is 5.01. The molecular formula is C13H21N3O. The highest BCUT2D eigenvalue weighted by Gasteiger charge is 2.27. The van der Waals surface area contributed by atoms with Crippen LogP contribution in [0.15, 0.2) is 12.4 Å². The summed E-state index contributed by atoms with van der Waals surface area (Å²) < 4.78 is 5.74. The third kappa shape index (κ3) is 3.40. The summed E-state index contributed by atoms with van der Waals surface area (Å²) in [5.74, 6) is 0.613. The Balaban J connectivity index is 1.94. The van der Waals surface area contributed by atoms with E-state index in [1.54, 1.807) is 12.4 Å². The van der Waals surface area contributed by atoms with Crippen molar-refractivity contribution >= 4 is 0 Å². The lowest BCUT2D eigenvalue weighted by Crippen LogP contribution is -2.45. The van der Waals surface area contributed by atoms with E-state index in [4.69, 9.17) is 10.5 Å². The highest BCUT2D eigenvalue weighted by atomic mass is 16.5. The van der Waals surface area contributed by atoms with Crippen LogP contribution >= 0.6 is 0 Å². The zero-order valence-electron chi connectivity index (χ0n) is 10.5. The van der Waals surface area contributed by atoms with Gasteiger partial charge in [-0.05, 0) is 19.8 Å². The van der Waals surface area contributed by atoms with Gasteiger partial charge in [0.15, 0.2) is 0 Å². The molecule has 1 fully saturated rings. The molecule has 4 nitrogen and oxygen atoms in total. The van der Waals surface area contributed by atoms with Gasteiger partial charge in [0.05, 0.1) is 11.2 Å². The van der Waals surface area contributed by atoms with Gasteiger partial charge in [-0.2, -0.15) is 0 Å². The lowest BCUT2D eigenvalue weighted by Gasteiger charge is -2.27. The standard InChI is InChI=1S/C13H21N3O/c1-11-12(16-9-8-15-11)17-10-13(14)6-4-2-3-5-7-13/h8-9H,2-7,10,14H2,1H3. The van der Waals surface area contributed by atoms with Gasteiger partial charge in [-0.25, -0.2) is 4.98 Å². The van der Waals surface area contributed by atoms with Crippen molar-refractivity contribution in [2.45, 2.75) is 51.0 Å². The van der Waals surface area contributed by atoms with E-state index in [0.29, 0.717) is 12.5 Å². The van der Waals surface area contributed by atoms with Crippen molar-refractivity contribution in [3.05, 3.63) is 18.1 Å². The van der Waals surface area contributed by atoms with Crippen LogP contribution in [0.2, 0.25) is 0 Å². The first kappa shape index (κ1) is 12.3. The number of aryl methyl sites for hydroxylation is 1. The maximum absolute atomic E-state index is 6.38. The zero-order chi connectivity index (χ0) is 12.1. The van der Waals surface area contributed by atoms with Gasteiger partial charge in [0, 0.05) is 12.4 Å². The molecule has 2 N–H and O–H groups in total. The maximum Gasteiger partial charge on any atom is 0.235 e. The molecule has 0 saturated heterocycles. The van der Waals surface area contributed by atoms with Gasteiger partial charge in [-0.3, -0.25) is 4.98 Å². The van der Waals surface area contributed by atoms with E-state index in [1.807, 2.05) is 6.92 Å². The quantitative estimate of drug-likeness (QED) is 0.816. The van der Waals surface area contributed by atoms with Gasteiger partial charge < -0.3 is 10.5 Å². The minimum Gasteiger partial charge on any atom is -0.474 e. The van der Waals surface area contributed by atoms with Crippen LogP contribution in [0.5, 0.6) is 5.88 Å². The highest BCUT2D eigenvalue weighted by Crippen LogP contribution is 2.25. The molecule has 0 aliphatic heterocycles. The van der Waals surface area contributed by atoms with Crippen molar-refractivity contribution in [2.75, 3.05) is 6.61 Å². The fourth-order valence-corrected chi connectivity index (χ4v) is 2.33. The van der Waals surface area contributed by atoms with Crippen LogP contribution < -0.4 is 10.5 Å². The van der Waals surface area contributed by atoms with Crippen LogP contribution in [0.1, 0.15) is 44.2 Å². The van der Waals surface area contributed by atoms with Crippen molar-refractivity contribution in [3.63, 3.8) is 0 Å². The van der Waals surface area contributed by atoms with Gasteiger partial charge in [0.2, 0.25) is 5.88 Å². The third-order valence-corrected chi connectivity index (χ3v) is 3.43. The Kier molecular flexibility index (Phi) is 3.94. The van der Waals surface area contributed by atoms with Crippen molar-refractivity contribution < 1.29 is 4.74 Å². The van der Waals surface area contributed by atoms with Crippen LogP contribution in [0.4, 0.5) is 0 Å². The predicted octanol–water partition coefficient (Wildman–Crippen LogP) is 2.22. The number of nitrogens with zero attached hydrogens (tertiary/aromatic N) is 2. The van der Waals surface area contributed by atoms with E-state index in [2.05, 4.69) is 9.97 Å². The molecule has 94 valence electrons. The van der Waals surface area contributed by atoms with E-state index in [-0.39, 0.29) is 5.54 Å². The van der Waals surface area contributed by atoms with Crippen LogP contribution in [0.25, 0.3) is 0 Å². The molecule has 2 rings (SSSR count). The van der Waals surface area contributed by atoms with Crippen molar-refractivity contribution in [3.8, 4) is 5.88 Å². The SMILES string of the molecule is Cc1nccnc1OCC1(N)CCCCCC1. The van der Waals surface area contributed by atoms with Gasteiger partial charge in [0.1, 0.15) is 6.61 Å². The second-order valence-electron chi connectivity index (χ2n) is 5.01. The molecule has 0 spiro atoms. The van der Waals surface area contributed by atoms with Crippen LogP contribution in [0, 0.1) is 6.92 Å². The molecule has 1 saturated carbocycles. The number of hydrogen-bond donors (Lipinski definition) is 1. The fourth-order valence-electron chi connectivity index (χ4n) is 2.33. The summed E-state index contributed by atoms with van der Waals surface area (Å²) in [6.07, 6.45) is 10.4. The molecule has 4 heteroatoms. The van der Waals surface area contributed by atoms with Gasteiger partial charge >= 0.3 is 0 Å². The Hall–Kier alpha value is -1.16. The summed E-state index contributed by atoms with van der Waals surface area (Å²) in [6.45, 7) is 2.45. The van der Waals surface area contributed by atoms with E-state index >= 15 is 0 Å². The Morgan fingerprint density at radius 2 is 1.82 bits per heavy atom. The Bertz CT molecular complexity index is 359. The molecule has 0 radical (unpaired) electrons. The Morgan fingerprint density at radius 1 is 1.18 bits per heavy atom. The Labute approximate surface area is 103 Å². The molecule has 0 unspecified atom stereocenters. The normalized spacial score (nSPS) is 19.6. The first-order valence-electron chi connectivity index (χ1n) is 6.39. The predicted molar refractivity (Wildman–Crippen MR) is 66.9 cm³/mol. The molecule has 17 heavy (non-hydrogen) atoms. The summed E-state index contributed by atoms with van der Waals surface area (Å²) in [5, 5.41) is 0. The Morgan fingerprint density at radius 3 is 2.47 bits per heavy atom. The van der Waals surface area contributed by atoms with Crippen LogP contribution in [-0.4, -0.2) is 22.1 Å². The van der Waals surface area contributed by atoms with E-state index < -0.39 is 0 Å². The van der Waals surface area contributed by atoms with Crippen LogP contribution in [0.3, 0.4) is 0 Å². The van der Waals surface area contributed by atoms with Crippen molar-refractivity contribution in [1.82, 2.24) is 9.97 Å². The van der Waals surface area contributed by atoms with Gasteiger partial charge in [0.25, 0.3) is 0 Å². The molecule has 1 aromatic heterocycles. The highest BCUT2D eigenvalue weighted by molar-refractivity contribution is 5.15. The smallest absolute Gasteiger partial charge is 0.235 e. The summed E-state index contributed by atoms with van der Waals surface area (Å²) in [5.41, 5.74) is 7.03. The second kappa shape index (κ2) is 5.45. The number of nitrogens with two attached hydrogens (primary N) is 1. The molecule has 1 aliphatic carbocycles. The van der Waals surface area contributed by atoms with Crippen LogP contribution in [-0.2, 0) is 0 Å². The molecule has 1 heterocycles. The van der Waals surface area contributed by atoms with Crippen molar-refractivity contribution in [2.24, 2.45) is 5.73 Å². The van der Waals surface area contributed by atoms with E-state index in [0.717, 1.165) is 18.5 Å². The minimum absolute atomic E-state index is 0.180.